The molecule has 3 unspecified atom stereocenters. The number of rotatable bonds is 4. The highest BCUT2D eigenvalue weighted by atomic mass is 16.3. The molecule has 0 bridgehead atoms. The van der Waals surface area contributed by atoms with Crippen LogP contribution >= 0.6 is 0 Å². The number of β-amino-alcohol motifs (C(OH)–C–C–N with tert-alkyl or cyclic N) is 1. The van der Waals surface area contributed by atoms with Crippen molar-refractivity contribution in [2.24, 2.45) is 0 Å². The predicted octanol–water partition coefficient (Wildman–Crippen LogP) is 1.86. The summed E-state index contributed by atoms with van der Waals surface area (Å²) >= 11 is 0. The fourth-order valence-corrected chi connectivity index (χ4v) is 4.73. The maximum absolute atomic E-state index is 13.1. The van der Waals surface area contributed by atoms with E-state index >= 15 is 0 Å². The first-order valence-electron chi connectivity index (χ1n) is 10.5. The van der Waals surface area contributed by atoms with Gasteiger partial charge in [-0.2, -0.15) is 5.10 Å². The van der Waals surface area contributed by atoms with E-state index in [-0.39, 0.29) is 18.0 Å². The van der Waals surface area contributed by atoms with Crippen molar-refractivity contribution in [3.05, 3.63) is 52.3 Å². The lowest BCUT2D eigenvalue weighted by atomic mass is 9.92. The highest BCUT2D eigenvalue weighted by Gasteiger charge is 2.43. The Morgan fingerprint density at radius 3 is 2.62 bits per heavy atom. The number of carbonyl (C=O) groups excluding carboxylic acids is 1. The molecule has 0 spiro atoms. The molecule has 3 N–H and O–H groups in total. The molecule has 2 fully saturated rings. The van der Waals surface area contributed by atoms with Gasteiger partial charge in [0.15, 0.2) is 0 Å². The van der Waals surface area contributed by atoms with Crippen LogP contribution in [0, 0.1) is 20.8 Å². The molecule has 2 aromatic rings. The lowest BCUT2D eigenvalue weighted by Crippen LogP contribution is -2.45. The van der Waals surface area contributed by atoms with Crippen molar-refractivity contribution in [2.75, 3.05) is 13.1 Å². The van der Waals surface area contributed by atoms with Crippen LogP contribution in [0.15, 0.2) is 24.3 Å². The molecule has 0 radical (unpaired) electrons. The van der Waals surface area contributed by atoms with Gasteiger partial charge in [0.1, 0.15) is 11.6 Å². The number of aliphatic hydroxyl groups is 1. The second-order valence-electron chi connectivity index (χ2n) is 8.44. The lowest BCUT2D eigenvalue weighted by molar-refractivity contribution is -0.133. The molecule has 7 nitrogen and oxygen atoms in total. The molecule has 1 aromatic heterocycles. The Morgan fingerprint density at radius 2 is 1.97 bits per heavy atom. The Morgan fingerprint density at radius 1 is 1.24 bits per heavy atom. The molecule has 156 valence electrons. The van der Waals surface area contributed by atoms with E-state index < -0.39 is 5.60 Å². The zero-order chi connectivity index (χ0) is 20.8. The van der Waals surface area contributed by atoms with Gasteiger partial charge in [-0.25, -0.2) is 10.9 Å². The van der Waals surface area contributed by atoms with E-state index in [0.717, 1.165) is 29.1 Å². The highest BCUT2D eigenvalue weighted by molar-refractivity contribution is 5.82. The third kappa shape index (κ3) is 3.58. The number of aromatic nitrogens is 2. The Bertz CT molecular complexity index is 907. The Kier molecular flexibility index (Phi) is 5.23. The molecule has 29 heavy (non-hydrogen) atoms. The van der Waals surface area contributed by atoms with Crippen molar-refractivity contribution in [3.63, 3.8) is 0 Å². The molecule has 0 aliphatic carbocycles. The zero-order valence-corrected chi connectivity index (χ0v) is 17.7. The van der Waals surface area contributed by atoms with Crippen molar-refractivity contribution >= 4 is 5.91 Å². The average Bonchev–Trinajstić information content (AvgIpc) is 3.40. The van der Waals surface area contributed by atoms with Crippen LogP contribution in [0.5, 0.6) is 0 Å². The minimum Gasteiger partial charge on any atom is -0.383 e. The predicted molar refractivity (Wildman–Crippen MR) is 111 cm³/mol. The summed E-state index contributed by atoms with van der Waals surface area (Å²) in [6, 6.07) is 7.70. The van der Waals surface area contributed by atoms with Gasteiger partial charge in [-0.3, -0.25) is 9.48 Å². The van der Waals surface area contributed by atoms with Gasteiger partial charge in [0.25, 0.3) is 0 Å². The van der Waals surface area contributed by atoms with Crippen molar-refractivity contribution in [1.29, 1.82) is 0 Å². The van der Waals surface area contributed by atoms with Gasteiger partial charge in [0.05, 0.1) is 18.3 Å². The Hall–Kier alpha value is -2.22. The highest BCUT2D eigenvalue weighted by Crippen LogP contribution is 2.34. The normalized spacial score (nSPS) is 27.0. The van der Waals surface area contributed by atoms with E-state index in [4.69, 9.17) is 0 Å². The smallest absolute Gasteiger partial charge is 0.241 e. The van der Waals surface area contributed by atoms with Crippen LogP contribution in [0.25, 0.3) is 0 Å². The molecular weight excluding hydrogens is 366 g/mol. The maximum atomic E-state index is 13.1. The standard InChI is InChI=1S/C22H31N5O2/c1-5-27-16(4)20(15(3)25-27)18-12-19(24-23-18)21(28)26-11-10-22(29,13-26)17-8-6-14(2)7-9-17/h6-9,18-19,23-24,29H,5,10-13H2,1-4H3. The third-order valence-electron chi connectivity index (χ3n) is 6.44. The molecule has 3 atom stereocenters. The molecule has 7 heteroatoms. The number of aryl methyl sites for hydroxylation is 3. The quantitative estimate of drug-likeness (QED) is 0.734. The molecule has 2 aliphatic heterocycles. The molecule has 1 aromatic carbocycles. The minimum absolute atomic E-state index is 0.0428. The first-order chi connectivity index (χ1) is 13.8. The summed E-state index contributed by atoms with van der Waals surface area (Å²) in [6.45, 7) is 9.95. The molecular formula is C22H31N5O2. The number of hydrogen-bond acceptors (Lipinski definition) is 5. The molecule has 2 saturated heterocycles. The average molecular weight is 398 g/mol. The maximum Gasteiger partial charge on any atom is 0.241 e. The van der Waals surface area contributed by atoms with Crippen molar-refractivity contribution in [2.45, 2.75) is 64.8 Å². The Labute approximate surface area is 172 Å². The van der Waals surface area contributed by atoms with Crippen LogP contribution in [0.4, 0.5) is 0 Å². The molecule has 4 rings (SSSR count). The van der Waals surface area contributed by atoms with E-state index in [0.29, 0.717) is 25.9 Å². The van der Waals surface area contributed by atoms with Crippen LogP contribution in [-0.4, -0.2) is 44.8 Å². The molecule has 2 aliphatic rings. The summed E-state index contributed by atoms with van der Waals surface area (Å²) in [7, 11) is 0. The first-order valence-corrected chi connectivity index (χ1v) is 10.5. The second kappa shape index (κ2) is 7.55. The van der Waals surface area contributed by atoms with Crippen LogP contribution in [-0.2, 0) is 16.9 Å². The molecule has 0 saturated carbocycles. The summed E-state index contributed by atoms with van der Waals surface area (Å²) in [5.41, 5.74) is 10.9. The van der Waals surface area contributed by atoms with Crippen molar-refractivity contribution < 1.29 is 9.90 Å². The van der Waals surface area contributed by atoms with E-state index in [9.17, 15) is 9.90 Å². The van der Waals surface area contributed by atoms with Crippen LogP contribution < -0.4 is 10.9 Å². The largest absolute Gasteiger partial charge is 0.383 e. The summed E-state index contributed by atoms with van der Waals surface area (Å²) in [5, 5.41) is 15.7. The zero-order valence-electron chi connectivity index (χ0n) is 17.7. The van der Waals surface area contributed by atoms with Crippen molar-refractivity contribution in [1.82, 2.24) is 25.5 Å². The number of likely N-dealkylation sites (tertiary alicyclic amines) is 1. The van der Waals surface area contributed by atoms with Gasteiger partial charge in [-0.15, -0.1) is 0 Å². The number of hydrogen-bond donors (Lipinski definition) is 3. The number of carbonyl (C=O) groups is 1. The van der Waals surface area contributed by atoms with Gasteiger partial charge >= 0.3 is 0 Å². The number of nitrogens with one attached hydrogen (secondary N) is 2. The van der Waals surface area contributed by atoms with Crippen LogP contribution in [0.2, 0.25) is 0 Å². The summed E-state index contributed by atoms with van der Waals surface area (Å²) in [4.78, 5) is 14.9. The summed E-state index contributed by atoms with van der Waals surface area (Å²) < 4.78 is 2.00. The molecule has 3 heterocycles. The van der Waals surface area contributed by atoms with Crippen molar-refractivity contribution in [3.8, 4) is 0 Å². The number of amides is 1. The summed E-state index contributed by atoms with van der Waals surface area (Å²) in [5.74, 6) is 0.0428. The lowest BCUT2D eigenvalue weighted by Gasteiger charge is -2.25. The fraction of sp³-hybridized carbons (Fsp3) is 0.545. The second-order valence-corrected chi connectivity index (χ2v) is 8.44. The SMILES string of the molecule is CCn1nc(C)c(C2CC(C(=O)N3CCC(O)(c4ccc(C)cc4)C3)NN2)c1C. The van der Waals surface area contributed by atoms with Gasteiger partial charge in [-0.1, -0.05) is 29.8 Å². The topological polar surface area (TPSA) is 82.4 Å². The van der Waals surface area contributed by atoms with E-state index in [1.807, 2.05) is 42.8 Å². The van der Waals surface area contributed by atoms with Gasteiger partial charge in [0.2, 0.25) is 5.91 Å². The van der Waals surface area contributed by atoms with Gasteiger partial charge < -0.3 is 10.0 Å². The monoisotopic (exact) mass is 397 g/mol. The fourth-order valence-electron chi connectivity index (χ4n) is 4.73. The Balaban J connectivity index is 1.44. The summed E-state index contributed by atoms with van der Waals surface area (Å²) in [6.07, 6.45) is 1.24. The van der Waals surface area contributed by atoms with Gasteiger partial charge in [-0.05, 0) is 46.1 Å². The molecule has 1 amide bonds. The van der Waals surface area contributed by atoms with E-state index in [1.54, 1.807) is 4.90 Å². The number of hydrazine groups is 1. The van der Waals surface area contributed by atoms with Gasteiger partial charge in [0, 0.05) is 24.3 Å². The third-order valence-corrected chi connectivity index (χ3v) is 6.44. The number of benzene rings is 1. The van der Waals surface area contributed by atoms with E-state index in [1.165, 1.54) is 5.56 Å². The minimum atomic E-state index is -0.968. The van der Waals surface area contributed by atoms with Crippen LogP contribution in [0.3, 0.4) is 0 Å². The van der Waals surface area contributed by atoms with Crippen LogP contribution in [0.1, 0.15) is 53.9 Å². The first kappa shape index (κ1) is 20.1. The van der Waals surface area contributed by atoms with E-state index in [2.05, 4.69) is 29.8 Å². The number of nitrogens with zero attached hydrogens (tertiary/aromatic N) is 3.